The summed E-state index contributed by atoms with van der Waals surface area (Å²) in [5, 5.41) is 7.84. The maximum Gasteiger partial charge on any atom is 0.263 e. The minimum Gasteiger partial charge on any atom is -0.280 e. The largest absolute Gasteiger partial charge is 0.280 e. The molecular weight excluding hydrogens is 381 g/mol. The number of sulfonamides is 1. The second kappa shape index (κ2) is 7.20. The minimum atomic E-state index is -3.97. The minimum absolute atomic E-state index is 0.255. The number of hydrogen-bond donors (Lipinski definition) is 2. The van der Waals surface area contributed by atoms with Crippen molar-refractivity contribution >= 4 is 38.8 Å². The molecule has 0 atom stereocenters. The van der Waals surface area contributed by atoms with Gasteiger partial charge in [-0.3, -0.25) is 19.8 Å². The third kappa shape index (κ3) is 3.74. The molecule has 0 radical (unpaired) electrons. The van der Waals surface area contributed by atoms with Crippen LogP contribution in [0.5, 0.6) is 0 Å². The van der Waals surface area contributed by atoms with E-state index in [0.717, 1.165) is 29.5 Å². The van der Waals surface area contributed by atoms with Crippen molar-refractivity contribution in [1.29, 1.82) is 0 Å². The smallest absolute Gasteiger partial charge is 0.263 e. The van der Waals surface area contributed by atoms with Crippen LogP contribution in [-0.2, 0) is 10.0 Å². The van der Waals surface area contributed by atoms with E-state index in [2.05, 4.69) is 24.9 Å². The normalized spacial score (nSPS) is 11.9. The van der Waals surface area contributed by atoms with Gasteiger partial charge in [-0.25, -0.2) is 12.8 Å². The molecule has 0 aliphatic heterocycles. The van der Waals surface area contributed by atoms with Crippen LogP contribution in [0.25, 0.3) is 23.1 Å². The number of benzene rings is 1. The fourth-order valence-corrected chi connectivity index (χ4v) is 3.64. The number of aromatic amines is 1. The van der Waals surface area contributed by atoms with Gasteiger partial charge in [0, 0.05) is 23.5 Å². The van der Waals surface area contributed by atoms with Crippen molar-refractivity contribution in [1.82, 2.24) is 20.2 Å². The van der Waals surface area contributed by atoms with Crippen molar-refractivity contribution in [2.24, 2.45) is 0 Å². The van der Waals surface area contributed by atoms with E-state index in [9.17, 15) is 12.8 Å². The van der Waals surface area contributed by atoms with E-state index in [-0.39, 0.29) is 4.90 Å². The van der Waals surface area contributed by atoms with Crippen LogP contribution < -0.4 is 4.72 Å². The fourth-order valence-electron chi connectivity index (χ4n) is 2.62. The zero-order valence-corrected chi connectivity index (χ0v) is 15.2. The molecule has 0 saturated heterocycles. The molecule has 140 valence electrons. The molecular formula is C19H14FN5O2S. The van der Waals surface area contributed by atoms with Crippen molar-refractivity contribution in [3.05, 3.63) is 78.3 Å². The van der Waals surface area contributed by atoms with Crippen LogP contribution in [-0.4, -0.2) is 28.6 Å². The number of rotatable bonds is 5. The lowest BCUT2D eigenvalue weighted by molar-refractivity contribution is 0.592. The molecule has 0 unspecified atom stereocenters. The van der Waals surface area contributed by atoms with Gasteiger partial charge in [0.1, 0.15) is 10.7 Å². The number of halogens is 1. The van der Waals surface area contributed by atoms with Crippen LogP contribution in [0.3, 0.4) is 0 Å². The summed E-state index contributed by atoms with van der Waals surface area (Å²) in [5.41, 5.74) is 2.48. The first-order chi connectivity index (χ1) is 13.5. The molecule has 9 heteroatoms. The predicted octanol–water partition coefficient (Wildman–Crippen LogP) is 3.46. The Bertz CT molecular complexity index is 1270. The molecule has 7 nitrogen and oxygen atoms in total. The molecule has 28 heavy (non-hydrogen) atoms. The maximum atomic E-state index is 13.3. The predicted molar refractivity (Wildman–Crippen MR) is 104 cm³/mol. The van der Waals surface area contributed by atoms with Gasteiger partial charge in [-0.05, 0) is 48.6 Å². The van der Waals surface area contributed by atoms with Gasteiger partial charge in [0.2, 0.25) is 0 Å². The molecule has 0 amide bonds. The molecule has 3 aromatic heterocycles. The summed E-state index contributed by atoms with van der Waals surface area (Å²) in [5.74, 6) is -0.727. The summed E-state index contributed by atoms with van der Waals surface area (Å²) in [6.07, 6.45) is 7.35. The number of nitrogens with zero attached hydrogens (tertiary/aromatic N) is 3. The highest BCUT2D eigenvalue weighted by Crippen LogP contribution is 2.24. The first kappa shape index (κ1) is 17.8. The van der Waals surface area contributed by atoms with Gasteiger partial charge in [-0.2, -0.15) is 5.10 Å². The van der Waals surface area contributed by atoms with Crippen molar-refractivity contribution < 1.29 is 12.8 Å². The van der Waals surface area contributed by atoms with Crippen LogP contribution in [0.1, 0.15) is 11.4 Å². The van der Waals surface area contributed by atoms with E-state index in [1.807, 2.05) is 30.4 Å². The van der Waals surface area contributed by atoms with Crippen molar-refractivity contribution in [3.8, 4) is 0 Å². The number of nitrogens with one attached hydrogen (secondary N) is 2. The average molecular weight is 395 g/mol. The first-order valence-electron chi connectivity index (χ1n) is 8.22. The van der Waals surface area contributed by atoms with Gasteiger partial charge in [0.25, 0.3) is 10.0 Å². The lowest BCUT2D eigenvalue weighted by atomic mass is 10.2. The topological polar surface area (TPSA) is 101 Å². The van der Waals surface area contributed by atoms with E-state index in [4.69, 9.17) is 0 Å². The highest BCUT2D eigenvalue weighted by Gasteiger charge is 2.16. The standard InChI is InChI=1S/C19H14FN5O2S/c20-13-9-16(12-21-11-13)28(26,27)25-15-5-7-19-17(10-15)18(23-24-19)6-4-14-3-1-2-8-22-14/h1-12,25H,(H,23,24). The van der Waals surface area contributed by atoms with Gasteiger partial charge in [0.05, 0.1) is 23.1 Å². The van der Waals surface area contributed by atoms with Crippen molar-refractivity contribution in [2.75, 3.05) is 4.72 Å². The highest BCUT2D eigenvalue weighted by molar-refractivity contribution is 7.92. The molecule has 1 aromatic carbocycles. The van der Waals surface area contributed by atoms with Crippen LogP contribution in [0.2, 0.25) is 0 Å². The van der Waals surface area contributed by atoms with Crippen LogP contribution in [0, 0.1) is 5.82 Å². The molecule has 0 spiro atoms. The third-order valence-electron chi connectivity index (χ3n) is 3.93. The Morgan fingerprint density at radius 1 is 1.07 bits per heavy atom. The fraction of sp³-hybridized carbons (Fsp3) is 0. The number of fused-ring (bicyclic) bond motifs is 1. The Morgan fingerprint density at radius 3 is 2.75 bits per heavy atom. The van der Waals surface area contributed by atoms with Crippen LogP contribution >= 0.6 is 0 Å². The highest BCUT2D eigenvalue weighted by atomic mass is 32.2. The summed E-state index contributed by atoms with van der Waals surface area (Å²) >= 11 is 0. The molecule has 0 saturated carbocycles. The van der Waals surface area contributed by atoms with Gasteiger partial charge < -0.3 is 0 Å². The van der Waals surface area contributed by atoms with Gasteiger partial charge in [-0.1, -0.05) is 6.07 Å². The quantitative estimate of drug-likeness (QED) is 0.539. The van der Waals surface area contributed by atoms with Gasteiger partial charge in [-0.15, -0.1) is 0 Å². The Balaban J connectivity index is 1.65. The van der Waals surface area contributed by atoms with Crippen molar-refractivity contribution in [2.45, 2.75) is 4.90 Å². The third-order valence-corrected chi connectivity index (χ3v) is 5.28. The van der Waals surface area contributed by atoms with E-state index in [1.165, 1.54) is 0 Å². The zero-order chi connectivity index (χ0) is 19.6. The molecule has 0 bridgehead atoms. The van der Waals surface area contributed by atoms with E-state index < -0.39 is 15.8 Å². The summed E-state index contributed by atoms with van der Waals surface area (Å²) in [4.78, 5) is 7.54. The SMILES string of the molecule is O=S(=O)(Nc1ccc2n[nH]c(C=Cc3ccccn3)c2c1)c1cncc(F)c1. The van der Waals surface area contributed by atoms with E-state index in [0.29, 0.717) is 16.9 Å². The molecule has 0 aliphatic carbocycles. The summed E-state index contributed by atoms with van der Waals surface area (Å²) < 4.78 is 40.7. The lowest BCUT2D eigenvalue weighted by Crippen LogP contribution is -2.13. The van der Waals surface area contributed by atoms with Crippen LogP contribution in [0.4, 0.5) is 10.1 Å². The number of anilines is 1. The number of pyridine rings is 2. The number of hydrogen-bond acceptors (Lipinski definition) is 5. The van der Waals surface area contributed by atoms with Crippen LogP contribution in [0.15, 0.2) is 66.0 Å². The molecule has 0 aliphatic rings. The molecule has 3 heterocycles. The average Bonchev–Trinajstić information content (AvgIpc) is 3.09. The Hall–Kier alpha value is -3.59. The first-order valence-corrected chi connectivity index (χ1v) is 9.70. The monoisotopic (exact) mass is 395 g/mol. The Kier molecular flexibility index (Phi) is 4.58. The van der Waals surface area contributed by atoms with E-state index in [1.54, 1.807) is 24.4 Å². The molecule has 0 fully saturated rings. The number of H-pyrrole nitrogens is 1. The summed E-state index contributed by atoms with van der Waals surface area (Å²) in [6.45, 7) is 0. The second-order valence-corrected chi connectivity index (χ2v) is 7.58. The second-order valence-electron chi connectivity index (χ2n) is 5.90. The molecule has 4 aromatic rings. The maximum absolute atomic E-state index is 13.3. The molecule has 4 rings (SSSR count). The van der Waals surface area contributed by atoms with Gasteiger partial charge in [0.15, 0.2) is 0 Å². The summed E-state index contributed by atoms with van der Waals surface area (Å²) in [7, 11) is -3.97. The zero-order valence-electron chi connectivity index (χ0n) is 14.4. The van der Waals surface area contributed by atoms with Gasteiger partial charge >= 0.3 is 0 Å². The molecule has 2 N–H and O–H groups in total. The van der Waals surface area contributed by atoms with Crippen molar-refractivity contribution in [3.63, 3.8) is 0 Å². The summed E-state index contributed by atoms with van der Waals surface area (Å²) in [6, 6.07) is 11.4. The Labute approximate surface area is 160 Å². The van der Waals surface area contributed by atoms with E-state index >= 15 is 0 Å². The Morgan fingerprint density at radius 2 is 1.96 bits per heavy atom. The lowest BCUT2D eigenvalue weighted by Gasteiger charge is -2.08. The number of aromatic nitrogens is 4.